The quantitative estimate of drug-likeness (QED) is 0.515. The molecular weight excluding hydrogens is 248 g/mol. The molecule has 1 rings (SSSR count). The van der Waals surface area contributed by atoms with E-state index in [0.717, 1.165) is 18.4 Å². The van der Waals surface area contributed by atoms with Crippen LogP contribution >= 0.6 is 12.2 Å². The van der Waals surface area contributed by atoms with Crippen molar-refractivity contribution in [3.8, 4) is 0 Å². The second-order valence-corrected chi connectivity index (χ2v) is 4.42. The van der Waals surface area contributed by atoms with E-state index in [4.69, 9.17) is 23.1 Å². The number of carbonyl (C=O) groups is 1. The molecular formula is C13H18N2O2S. The first-order chi connectivity index (χ1) is 8.65. The van der Waals surface area contributed by atoms with E-state index in [9.17, 15) is 4.79 Å². The van der Waals surface area contributed by atoms with Crippen molar-refractivity contribution >= 4 is 23.2 Å². The van der Waals surface area contributed by atoms with Gasteiger partial charge in [0.05, 0.1) is 0 Å². The summed E-state index contributed by atoms with van der Waals surface area (Å²) in [5.74, 6) is -0.884. The van der Waals surface area contributed by atoms with Gasteiger partial charge in [0, 0.05) is 5.56 Å². The van der Waals surface area contributed by atoms with Crippen molar-refractivity contribution in [3.63, 3.8) is 0 Å². The highest BCUT2D eigenvalue weighted by Crippen LogP contribution is 2.05. The molecule has 0 saturated heterocycles. The second kappa shape index (κ2) is 7.79. The number of hydrogen-bond donors (Lipinski definition) is 3. The maximum Gasteiger partial charge on any atom is 0.326 e. The molecule has 0 bridgehead atoms. The van der Waals surface area contributed by atoms with E-state index in [2.05, 4.69) is 5.32 Å². The van der Waals surface area contributed by atoms with Crippen molar-refractivity contribution in [3.05, 3.63) is 35.9 Å². The van der Waals surface area contributed by atoms with Gasteiger partial charge in [-0.2, -0.15) is 0 Å². The van der Waals surface area contributed by atoms with Crippen LogP contribution in [0.4, 0.5) is 0 Å². The van der Waals surface area contributed by atoms with Crippen LogP contribution in [0.5, 0.6) is 0 Å². The first-order valence-electron chi connectivity index (χ1n) is 5.94. The van der Waals surface area contributed by atoms with Crippen molar-refractivity contribution in [2.75, 3.05) is 6.54 Å². The van der Waals surface area contributed by atoms with Crippen LogP contribution < -0.4 is 11.1 Å². The average molecular weight is 266 g/mol. The van der Waals surface area contributed by atoms with Gasteiger partial charge in [-0.25, -0.2) is 4.79 Å². The van der Waals surface area contributed by atoms with Crippen LogP contribution in [0.1, 0.15) is 24.8 Å². The lowest BCUT2D eigenvalue weighted by Gasteiger charge is -2.16. The van der Waals surface area contributed by atoms with Crippen LogP contribution in [0.15, 0.2) is 30.3 Å². The van der Waals surface area contributed by atoms with Crippen molar-refractivity contribution in [1.29, 1.82) is 0 Å². The molecule has 18 heavy (non-hydrogen) atoms. The van der Waals surface area contributed by atoms with Gasteiger partial charge in [-0.05, 0) is 25.8 Å². The minimum atomic E-state index is -0.884. The fraction of sp³-hybridized carbons (Fsp3) is 0.385. The highest BCUT2D eigenvalue weighted by Gasteiger charge is 2.17. The van der Waals surface area contributed by atoms with E-state index in [-0.39, 0.29) is 0 Å². The standard InChI is InChI=1S/C13H18N2O2S/c14-9-5-4-8-11(13(16)17)15-12(18)10-6-2-1-3-7-10/h1-3,6-7,11H,4-5,8-9,14H2,(H,15,18)(H,16,17). The van der Waals surface area contributed by atoms with Gasteiger partial charge in [0.15, 0.2) is 0 Å². The summed E-state index contributed by atoms with van der Waals surface area (Å²) in [4.78, 5) is 11.6. The predicted octanol–water partition coefficient (Wildman–Crippen LogP) is 1.53. The number of carboxylic acids is 1. The third-order valence-corrected chi connectivity index (χ3v) is 2.94. The van der Waals surface area contributed by atoms with Crippen LogP contribution in [-0.2, 0) is 4.79 Å². The van der Waals surface area contributed by atoms with Gasteiger partial charge < -0.3 is 16.2 Å². The number of nitrogens with two attached hydrogens (primary N) is 1. The molecule has 0 fully saturated rings. The molecule has 0 heterocycles. The number of rotatable bonds is 7. The minimum Gasteiger partial charge on any atom is -0.480 e. The highest BCUT2D eigenvalue weighted by molar-refractivity contribution is 7.80. The van der Waals surface area contributed by atoms with Gasteiger partial charge in [-0.15, -0.1) is 0 Å². The number of aliphatic carboxylic acids is 1. The van der Waals surface area contributed by atoms with Gasteiger partial charge in [0.25, 0.3) is 0 Å². The molecule has 1 aromatic rings. The summed E-state index contributed by atoms with van der Waals surface area (Å²) >= 11 is 5.20. The maximum absolute atomic E-state index is 11.1. The van der Waals surface area contributed by atoms with Crippen LogP contribution in [0.2, 0.25) is 0 Å². The first-order valence-corrected chi connectivity index (χ1v) is 6.34. The molecule has 0 aliphatic carbocycles. The highest BCUT2D eigenvalue weighted by atomic mass is 32.1. The summed E-state index contributed by atoms with van der Waals surface area (Å²) in [5, 5.41) is 12.0. The summed E-state index contributed by atoms with van der Waals surface area (Å²) < 4.78 is 0. The van der Waals surface area contributed by atoms with E-state index < -0.39 is 12.0 Å². The lowest BCUT2D eigenvalue weighted by atomic mass is 10.1. The third-order valence-electron chi connectivity index (χ3n) is 2.59. The summed E-state index contributed by atoms with van der Waals surface area (Å²) in [6.07, 6.45) is 2.13. The topological polar surface area (TPSA) is 75.3 Å². The first kappa shape index (κ1) is 14.6. The molecule has 4 N–H and O–H groups in total. The van der Waals surface area contributed by atoms with Gasteiger partial charge >= 0.3 is 5.97 Å². The smallest absolute Gasteiger partial charge is 0.326 e. The summed E-state index contributed by atoms with van der Waals surface area (Å²) in [5.41, 5.74) is 6.22. The molecule has 0 aliphatic rings. The zero-order valence-corrected chi connectivity index (χ0v) is 11.0. The van der Waals surface area contributed by atoms with Crippen LogP contribution in [-0.4, -0.2) is 28.7 Å². The Morgan fingerprint density at radius 2 is 2.00 bits per heavy atom. The summed E-state index contributed by atoms with van der Waals surface area (Å²) in [6.45, 7) is 0.579. The summed E-state index contributed by atoms with van der Waals surface area (Å²) in [6, 6.07) is 8.69. The van der Waals surface area contributed by atoms with E-state index >= 15 is 0 Å². The third kappa shape index (κ3) is 4.81. The average Bonchev–Trinajstić information content (AvgIpc) is 2.38. The lowest BCUT2D eigenvalue weighted by molar-refractivity contribution is -0.139. The Balaban J connectivity index is 2.55. The molecule has 5 heteroatoms. The van der Waals surface area contributed by atoms with Crippen molar-refractivity contribution in [2.45, 2.75) is 25.3 Å². The van der Waals surface area contributed by atoms with Gasteiger partial charge in [0.1, 0.15) is 11.0 Å². The number of carboxylic acid groups (broad SMARTS) is 1. The van der Waals surface area contributed by atoms with Crippen LogP contribution in [0.25, 0.3) is 0 Å². The van der Waals surface area contributed by atoms with Crippen LogP contribution in [0, 0.1) is 0 Å². The number of benzene rings is 1. The Kier molecular flexibility index (Phi) is 6.32. The van der Waals surface area contributed by atoms with Crippen molar-refractivity contribution in [2.24, 2.45) is 5.73 Å². The van der Waals surface area contributed by atoms with Gasteiger partial charge in [-0.3, -0.25) is 0 Å². The number of thiocarbonyl (C=S) groups is 1. The largest absolute Gasteiger partial charge is 0.480 e. The number of nitrogens with one attached hydrogen (secondary N) is 1. The van der Waals surface area contributed by atoms with E-state index in [1.165, 1.54) is 0 Å². The molecule has 0 spiro atoms. The monoisotopic (exact) mass is 266 g/mol. The maximum atomic E-state index is 11.1. The Morgan fingerprint density at radius 3 is 2.56 bits per heavy atom. The molecule has 0 saturated carbocycles. The minimum absolute atomic E-state index is 0.468. The van der Waals surface area contributed by atoms with Crippen molar-refractivity contribution < 1.29 is 9.90 Å². The normalized spacial score (nSPS) is 11.8. The SMILES string of the molecule is NCCCCC(NC(=S)c1ccccc1)C(=O)O. The van der Waals surface area contributed by atoms with Gasteiger partial charge in [-0.1, -0.05) is 42.5 Å². The summed E-state index contributed by atoms with van der Waals surface area (Å²) in [7, 11) is 0. The Morgan fingerprint density at radius 1 is 1.33 bits per heavy atom. The van der Waals surface area contributed by atoms with E-state index in [1.54, 1.807) is 0 Å². The van der Waals surface area contributed by atoms with Gasteiger partial charge in [0.2, 0.25) is 0 Å². The van der Waals surface area contributed by atoms with Crippen LogP contribution in [0.3, 0.4) is 0 Å². The second-order valence-electron chi connectivity index (χ2n) is 4.01. The molecule has 0 aromatic heterocycles. The molecule has 0 aliphatic heterocycles. The molecule has 0 amide bonds. The number of unbranched alkanes of at least 4 members (excludes halogenated alkanes) is 1. The molecule has 4 nitrogen and oxygen atoms in total. The zero-order valence-electron chi connectivity index (χ0n) is 10.1. The molecule has 1 atom stereocenters. The van der Waals surface area contributed by atoms with E-state index in [0.29, 0.717) is 18.0 Å². The lowest BCUT2D eigenvalue weighted by Crippen LogP contribution is -2.40. The fourth-order valence-corrected chi connectivity index (χ4v) is 1.86. The van der Waals surface area contributed by atoms with E-state index in [1.807, 2.05) is 30.3 Å². The molecule has 0 radical (unpaired) electrons. The van der Waals surface area contributed by atoms with Crippen molar-refractivity contribution in [1.82, 2.24) is 5.32 Å². The molecule has 1 unspecified atom stereocenters. The molecule has 1 aromatic carbocycles. The zero-order chi connectivity index (χ0) is 13.4. The Bertz CT molecular complexity index is 395. The predicted molar refractivity (Wildman–Crippen MR) is 75.6 cm³/mol. The molecule has 98 valence electrons. The fourth-order valence-electron chi connectivity index (χ4n) is 1.58. The Hall–Kier alpha value is -1.46. The number of hydrogen-bond acceptors (Lipinski definition) is 3. The Labute approximate surface area is 112 Å².